The number of esters is 1. The fraction of sp³-hybridized carbons (Fsp3) is 0.333. The molecular weight excluding hydrogens is 448 g/mol. The monoisotopic (exact) mass is 470 g/mol. The Morgan fingerprint density at radius 1 is 1.00 bits per heavy atom. The van der Waals surface area contributed by atoms with E-state index in [2.05, 4.69) is 0 Å². The second kappa shape index (κ2) is 9.23. The molecule has 0 bridgehead atoms. The fourth-order valence-corrected chi connectivity index (χ4v) is 4.30. The predicted molar refractivity (Wildman–Crippen MR) is 122 cm³/mol. The van der Waals surface area contributed by atoms with E-state index < -0.39 is 11.9 Å². The number of hydrogen-bond acceptors (Lipinski definition) is 6. The van der Waals surface area contributed by atoms with Gasteiger partial charge in [-0.25, -0.2) is 0 Å². The number of amides is 3. The van der Waals surface area contributed by atoms with Crippen LogP contribution in [0.2, 0.25) is 5.02 Å². The van der Waals surface area contributed by atoms with E-state index in [4.69, 9.17) is 21.1 Å². The average molecular weight is 471 g/mol. The van der Waals surface area contributed by atoms with Crippen LogP contribution in [0, 0.1) is 12.8 Å². The number of nitrogens with zero attached hydrogens (tertiary/aromatic N) is 2. The van der Waals surface area contributed by atoms with Gasteiger partial charge in [-0.05, 0) is 55.3 Å². The number of anilines is 2. The second-order valence-electron chi connectivity index (χ2n) is 8.07. The van der Waals surface area contributed by atoms with Gasteiger partial charge in [0.25, 0.3) is 0 Å². The number of benzene rings is 2. The summed E-state index contributed by atoms with van der Waals surface area (Å²) in [7, 11) is 1.50. The normalized spacial score (nSPS) is 18.6. The molecule has 2 aromatic carbocycles. The van der Waals surface area contributed by atoms with Crippen molar-refractivity contribution < 1.29 is 28.7 Å². The number of halogens is 1. The van der Waals surface area contributed by atoms with E-state index in [-0.39, 0.29) is 36.4 Å². The zero-order valence-corrected chi connectivity index (χ0v) is 19.1. The second-order valence-corrected chi connectivity index (χ2v) is 8.50. The molecule has 0 aromatic heterocycles. The lowest BCUT2D eigenvalue weighted by Crippen LogP contribution is -2.40. The molecule has 0 saturated carbocycles. The standard InChI is InChI=1S/C24H23ClN2O6/c1-14-10-17(7-8-18(14)27-21(28)4-3-5-22(27)29)33-24(31)15-11-23(30)26(13-15)19-12-16(25)6-9-20(19)32-2/h6-10,12,15H,3-5,11,13H2,1-2H3/t15-/m1/s1. The molecule has 2 aliphatic heterocycles. The van der Waals surface area contributed by atoms with Gasteiger partial charge in [-0.1, -0.05) is 11.6 Å². The van der Waals surface area contributed by atoms with Gasteiger partial charge in [-0.3, -0.25) is 24.1 Å². The molecule has 2 aliphatic rings. The first kappa shape index (κ1) is 22.8. The lowest BCUT2D eigenvalue weighted by molar-refractivity contribution is -0.139. The Hall–Kier alpha value is -3.39. The molecule has 2 aromatic rings. The number of methoxy groups -OCH3 is 1. The minimum absolute atomic E-state index is 0.00233. The van der Waals surface area contributed by atoms with Crippen molar-refractivity contribution in [3.8, 4) is 11.5 Å². The molecule has 172 valence electrons. The van der Waals surface area contributed by atoms with Gasteiger partial charge in [-0.15, -0.1) is 0 Å². The summed E-state index contributed by atoms with van der Waals surface area (Å²) in [6, 6.07) is 9.70. The minimum Gasteiger partial charge on any atom is -0.495 e. The van der Waals surface area contributed by atoms with Crippen LogP contribution in [0.3, 0.4) is 0 Å². The highest BCUT2D eigenvalue weighted by atomic mass is 35.5. The van der Waals surface area contributed by atoms with Crippen LogP contribution in [-0.4, -0.2) is 37.3 Å². The first-order chi connectivity index (χ1) is 15.8. The summed E-state index contributed by atoms with van der Waals surface area (Å²) in [5.41, 5.74) is 1.62. The summed E-state index contributed by atoms with van der Waals surface area (Å²) >= 11 is 6.08. The molecule has 9 heteroatoms. The van der Waals surface area contributed by atoms with Crippen LogP contribution in [0.5, 0.6) is 11.5 Å². The van der Waals surface area contributed by atoms with Gasteiger partial charge < -0.3 is 14.4 Å². The Bertz CT molecular complexity index is 1130. The van der Waals surface area contributed by atoms with Gasteiger partial charge >= 0.3 is 5.97 Å². The number of imide groups is 1. The Kier molecular flexibility index (Phi) is 6.37. The van der Waals surface area contributed by atoms with Crippen molar-refractivity contribution in [2.45, 2.75) is 32.6 Å². The maximum Gasteiger partial charge on any atom is 0.316 e. The van der Waals surface area contributed by atoms with Crippen molar-refractivity contribution in [1.82, 2.24) is 0 Å². The maximum absolute atomic E-state index is 12.8. The van der Waals surface area contributed by atoms with Crippen LogP contribution in [-0.2, 0) is 19.2 Å². The van der Waals surface area contributed by atoms with E-state index in [1.165, 1.54) is 16.9 Å². The number of rotatable bonds is 5. The van der Waals surface area contributed by atoms with Gasteiger partial charge in [0.05, 0.1) is 24.4 Å². The SMILES string of the molecule is COc1ccc(Cl)cc1N1C[C@H](C(=O)Oc2ccc(N3C(=O)CCCC3=O)c(C)c2)CC1=O. The molecule has 4 rings (SSSR count). The Labute approximate surface area is 196 Å². The van der Waals surface area contributed by atoms with Crippen molar-refractivity contribution >= 4 is 46.7 Å². The number of hydrogen-bond donors (Lipinski definition) is 0. The third-order valence-electron chi connectivity index (χ3n) is 5.80. The van der Waals surface area contributed by atoms with Gasteiger partial charge in [-0.2, -0.15) is 0 Å². The van der Waals surface area contributed by atoms with E-state index in [9.17, 15) is 19.2 Å². The van der Waals surface area contributed by atoms with Gasteiger partial charge in [0.15, 0.2) is 0 Å². The van der Waals surface area contributed by atoms with Crippen LogP contribution in [0.1, 0.15) is 31.2 Å². The topological polar surface area (TPSA) is 93.2 Å². The first-order valence-corrected chi connectivity index (χ1v) is 11.0. The number of ether oxygens (including phenoxy) is 2. The number of carbonyl (C=O) groups is 4. The molecule has 1 atom stereocenters. The van der Waals surface area contributed by atoms with Crippen LogP contribution in [0.25, 0.3) is 0 Å². The molecule has 2 saturated heterocycles. The van der Waals surface area contributed by atoms with Crippen molar-refractivity contribution in [3.63, 3.8) is 0 Å². The van der Waals surface area contributed by atoms with Crippen molar-refractivity contribution in [2.24, 2.45) is 5.92 Å². The van der Waals surface area contributed by atoms with Crippen molar-refractivity contribution in [3.05, 3.63) is 47.0 Å². The highest BCUT2D eigenvalue weighted by Crippen LogP contribution is 2.36. The van der Waals surface area contributed by atoms with E-state index in [0.29, 0.717) is 47.0 Å². The highest BCUT2D eigenvalue weighted by Gasteiger charge is 2.38. The highest BCUT2D eigenvalue weighted by molar-refractivity contribution is 6.31. The number of piperidine rings is 1. The Balaban J connectivity index is 1.47. The summed E-state index contributed by atoms with van der Waals surface area (Å²) in [6.45, 7) is 1.89. The Morgan fingerprint density at radius 2 is 1.73 bits per heavy atom. The van der Waals surface area contributed by atoms with Crippen LogP contribution < -0.4 is 19.3 Å². The van der Waals surface area contributed by atoms with Crippen LogP contribution >= 0.6 is 11.6 Å². The lowest BCUT2D eigenvalue weighted by Gasteiger charge is -2.26. The molecular formula is C24H23ClN2O6. The summed E-state index contributed by atoms with van der Waals surface area (Å²) in [4.78, 5) is 52.5. The van der Waals surface area contributed by atoms with E-state index in [0.717, 1.165) is 0 Å². The molecule has 0 radical (unpaired) electrons. The molecule has 0 aliphatic carbocycles. The zero-order valence-electron chi connectivity index (χ0n) is 18.3. The van der Waals surface area contributed by atoms with E-state index in [1.54, 1.807) is 43.3 Å². The summed E-state index contributed by atoms with van der Waals surface area (Å²) < 4.78 is 10.8. The quantitative estimate of drug-likeness (QED) is 0.376. The van der Waals surface area contributed by atoms with Gasteiger partial charge in [0.1, 0.15) is 11.5 Å². The third kappa shape index (κ3) is 4.57. The number of carbonyl (C=O) groups excluding carboxylic acids is 4. The third-order valence-corrected chi connectivity index (χ3v) is 6.03. The first-order valence-electron chi connectivity index (χ1n) is 10.6. The molecule has 2 fully saturated rings. The van der Waals surface area contributed by atoms with Crippen molar-refractivity contribution in [1.29, 1.82) is 0 Å². The lowest BCUT2D eigenvalue weighted by atomic mass is 10.1. The van der Waals surface area contributed by atoms with Gasteiger partial charge in [0.2, 0.25) is 17.7 Å². The molecule has 0 N–H and O–H groups in total. The van der Waals surface area contributed by atoms with Crippen LogP contribution in [0.15, 0.2) is 36.4 Å². The van der Waals surface area contributed by atoms with Crippen molar-refractivity contribution in [2.75, 3.05) is 23.5 Å². The van der Waals surface area contributed by atoms with E-state index >= 15 is 0 Å². The molecule has 33 heavy (non-hydrogen) atoms. The maximum atomic E-state index is 12.8. The summed E-state index contributed by atoms with van der Waals surface area (Å²) in [6.07, 6.45) is 1.21. The smallest absolute Gasteiger partial charge is 0.316 e. The largest absolute Gasteiger partial charge is 0.495 e. The molecule has 3 amide bonds. The zero-order chi connectivity index (χ0) is 23.7. The van der Waals surface area contributed by atoms with Gasteiger partial charge in [0, 0.05) is 30.8 Å². The average Bonchev–Trinajstić information content (AvgIpc) is 3.16. The molecule has 0 spiro atoms. The summed E-state index contributed by atoms with van der Waals surface area (Å²) in [5, 5.41) is 0.450. The van der Waals surface area contributed by atoms with Crippen LogP contribution in [0.4, 0.5) is 11.4 Å². The molecule has 2 heterocycles. The molecule has 0 unspecified atom stereocenters. The summed E-state index contributed by atoms with van der Waals surface area (Å²) in [5.74, 6) is -1.14. The minimum atomic E-state index is -0.661. The van der Waals surface area contributed by atoms with E-state index in [1.807, 2.05) is 0 Å². The Morgan fingerprint density at radius 3 is 2.39 bits per heavy atom. The number of aryl methyl sites for hydroxylation is 1. The predicted octanol–water partition coefficient (Wildman–Crippen LogP) is 3.66. The fourth-order valence-electron chi connectivity index (χ4n) is 4.14. The molecule has 8 nitrogen and oxygen atoms in total.